The van der Waals surface area contributed by atoms with Crippen molar-refractivity contribution in [3.05, 3.63) is 52.3 Å². The van der Waals surface area contributed by atoms with Gasteiger partial charge in [-0.3, -0.25) is 19.7 Å². The third kappa shape index (κ3) is 4.10. The lowest BCUT2D eigenvalue weighted by Crippen LogP contribution is -2.63. The average molecular weight is 464 g/mol. The molecule has 1 saturated heterocycles. The fourth-order valence-electron chi connectivity index (χ4n) is 4.36. The van der Waals surface area contributed by atoms with Crippen LogP contribution in [-0.4, -0.2) is 50.2 Å². The molecule has 10 heteroatoms. The molecule has 1 aromatic carbocycles. The summed E-state index contributed by atoms with van der Waals surface area (Å²) in [6.45, 7) is 3.80. The number of carbonyl (C=O) groups excluding carboxylic acids is 3. The van der Waals surface area contributed by atoms with Gasteiger partial charge in [-0.15, -0.1) is 0 Å². The van der Waals surface area contributed by atoms with Gasteiger partial charge < -0.3 is 14.4 Å². The van der Waals surface area contributed by atoms with Gasteiger partial charge in [0.1, 0.15) is 22.7 Å². The van der Waals surface area contributed by atoms with Crippen LogP contribution in [0, 0.1) is 18.6 Å². The van der Waals surface area contributed by atoms with Gasteiger partial charge in [-0.05, 0) is 55.6 Å². The predicted molar refractivity (Wildman–Crippen MR) is 115 cm³/mol. The molecule has 2 N–H and O–H groups in total. The van der Waals surface area contributed by atoms with Crippen LogP contribution in [-0.2, 0) is 28.9 Å². The number of amides is 1. The molecule has 0 spiro atoms. The topological polar surface area (TPSA) is 103 Å². The van der Waals surface area contributed by atoms with E-state index in [1.54, 1.807) is 11.5 Å². The highest BCUT2D eigenvalue weighted by Gasteiger charge is 2.44. The smallest absolute Gasteiger partial charge is 0.272 e. The van der Waals surface area contributed by atoms with E-state index in [-0.39, 0.29) is 23.5 Å². The zero-order valence-electron chi connectivity index (χ0n) is 17.7. The third-order valence-electron chi connectivity index (χ3n) is 5.92. The van der Waals surface area contributed by atoms with Gasteiger partial charge in [0, 0.05) is 24.0 Å². The summed E-state index contributed by atoms with van der Waals surface area (Å²) in [5.41, 5.74) is 1.14. The van der Waals surface area contributed by atoms with E-state index in [1.165, 1.54) is 6.07 Å². The van der Waals surface area contributed by atoms with E-state index < -0.39 is 45.8 Å². The SMILES string of the molecule is Cc1c(C(=O)C(=O)CN[C@]2(C)C[S@@+]([O-])C2)c2n(c1C(=O)Nc1ccc(F)c(F)c1)CCC2. The van der Waals surface area contributed by atoms with E-state index in [0.717, 1.165) is 18.6 Å². The third-order valence-corrected chi connectivity index (χ3v) is 7.84. The maximum absolute atomic E-state index is 13.5. The minimum absolute atomic E-state index is 0.0844. The minimum atomic E-state index is -1.09. The van der Waals surface area contributed by atoms with E-state index >= 15 is 0 Å². The monoisotopic (exact) mass is 463 g/mol. The Morgan fingerprint density at radius 1 is 1.22 bits per heavy atom. The maximum Gasteiger partial charge on any atom is 0.272 e. The lowest BCUT2D eigenvalue weighted by molar-refractivity contribution is -0.114. The van der Waals surface area contributed by atoms with Gasteiger partial charge in [-0.25, -0.2) is 8.78 Å². The summed E-state index contributed by atoms with van der Waals surface area (Å²) in [4.78, 5) is 38.6. The Morgan fingerprint density at radius 2 is 1.94 bits per heavy atom. The maximum atomic E-state index is 13.5. The highest BCUT2D eigenvalue weighted by Crippen LogP contribution is 2.30. The number of halogens is 2. The molecule has 0 atom stereocenters. The number of anilines is 1. The summed E-state index contributed by atoms with van der Waals surface area (Å²) in [5.74, 6) is -3.10. The predicted octanol–water partition coefficient (Wildman–Crippen LogP) is 2.14. The second-order valence-corrected chi connectivity index (χ2v) is 9.99. The molecule has 2 aliphatic heterocycles. The summed E-state index contributed by atoms with van der Waals surface area (Å²) >= 11 is -0.899. The van der Waals surface area contributed by atoms with Crippen molar-refractivity contribution < 1.29 is 27.7 Å². The van der Waals surface area contributed by atoms with Crippen LogP contribution < -0.4 is 10.6 Å². The van der Waals surface area contributed by atoms with Gasteiger partial charge in [0.15, 0.2) is 11.6 Å². The van der Waals surface area contributed by atoms with Crippen LogP contribution in [0.15, 0.2) is 18.2 Å². The molecule has 4 rings (SSSR count). The Bertz CT molecular complexity index is 1120. The zero-order valence-corrected chi connectivity index (χ0v) is 18.5. The molecule has 170 valence electrons. The number of hydrogen-bond donors (Lipinski definition) is 2. The van der Waals surface area contributed by atoms with E-state index in [0.29, 0.717) is 35.7 Å². The molecule has 0 bridgehead atoms. The van der Waals surface area contributed by atoms with Crippen molar-refractivity contribution >= 4 is 34.3 Å². The van der Waals surface area contributed by atoms with Crippen molar-refractivity contribution in [2.75, 3.05) is 23.4 Å². The molecule has 0 saturated carbocycles. The highest BCUT2D eigenvalue weighted by molar-refractivity contribution is 7.93. The number of aromatic nitrogens is 1. The summed E-state index contributed by atoms with van der Waals surface area (Å²) in [5, 5.41) is 5.56. The molecule has 2 aromatic rings. The molecule has 7 nitrogen and oxygen atoms in total. The summed E-state index contributed by atoms with van der Waals surface area (Å²) in [7, 11) is 0. The fraction of sp³-hybridized carbons (Fsp3) is 0.409. The molecule has 0 unspecified atom stereocenters. The number of nitrogens with zero attached hydrogens (tertiary/aromatic N) is 1. The van der Waals surface area contributed by atoms with Crippen LogP contribution in [0.1, 0.15) is 45.4 Å². The Balaban J connectivity index is 1.56. The van der Waals surface area contributed by atoms with E-state index in [1.807, 2.05) is 6.92 Å². The van der Waals surface area contributed by atoms with Crippen LogP contribution >= 0.6 is 0 Å². The molecule has 3 heterocycles. The molecule has 1 amide bonds. The van der Waals surface area contributed by atoms with E-state index in [4.69, 9.17) is 0 Å². The van der Waals surface area contributed by atoms with Gasteiger partial charge >= 0.3 is 0 Å². The standard InChI is InChI=1S/C22H23F2N3O4S/c1-12-18(20(29)17(28)9-25-22(2)10-32(31)11-22)16-4-3-7-27(16)19(12)21(30)26-13-5-6-14(23)15(24)8-13/h5-6,8,25H,3-4,7,9-11H2,1-2H3,(H,26,30)/t22-,32-. The Kier molecular flexibility index (Phi) is 5.95. The first-order chi connectivity index (χ1) is 15.1. The van der Waals surface area contributed by atoms with Gasteiger partial charge in [0.2, 0.25) is 11.6 Å². The molecule has 2 aliphatic rings. The number of fused-ring (bicyclic) bond motifs is 1. The van der Waals surface area contributed by atoms with Crippen LogP contribution in [0.4, 0.5) is 14.5 Å². The number of rotatable bonds is 7. The number of hydrogen-bond acceptors (Lipinski definition) is 5. The van der Waals surface area contributed by atoms with Crippen molar-refractivity contribution in [1.82, 2.24) is 9.88 Å². The van der Waals surface area contributed by atoms with Crippen molar-refractivity contribution in [3.63, 3.8) is 0 Å². The van der Waals surface area contributed by atoms with Crippen LogP contribution in [0.2, 0.25) is 0 Å². The molecule has 0 aliphatic carbocycles. The second-order valence-electron chi connectivity index (χ2n) is 8.53. The number of carbonyl (C=O) groups is 3. The summed E-state index contributed by atoms with van der Waals surface area (Å²) in [6.07, 6.45) is 1.27. The fourth-order valence-corrected chi connectivity index (χ4v) is 5.90. The normalized spacial score (nSPS) is 21.7. The molecular formula is C22H23F2N3O4S. The molecule has 32 heavy (non-hydrogen) atoms. The van der Waals surface area contributed by atoms with E-state index in [2.05, 4.69) is 10.6 Å². The zero-order chi connectivity index (χ0) is 23.2. The number of nitrogens with one attached hydrogen (secondary N) is 2. The van der Waals surface area contributed by atoms with Crippen molar-refractivity contribution in [2.24, 2.45) is 0 Å². The van der Waals surface area contributed by atoms with Gasteiger partial charge in [0.05, 0.1) is 12.1 Å². The molecular weight excluding hydrogens is 440 g/mol. The second kappa shape index (κ2) is 8.42. The average Bonchev–Trinajstić information content (AvgIpc) is 3.26. The molecule has 0 radical (unpaired) electrons. The van der Waals surface area contributed by atoms with Crippen molar-refractivity contribution in [1.29, 1.82) is 0 Å². The molecule has 1 aromatic heterocycles. The lowest BCUT2D eigenvalue weighted by Gasteiger charge is -2.39. The molecule has 1 fully saturated rings. The summed E-state index contributed by atoms with van der Waals surface area (Å²) < 4.78 is 39.7. The Hall–Kier alpha value is -2.56. The van der Waals surface area contributed by atoms with Gasteiger partial charge in [-0.2, -0.15) is 0 Å². The van der Waals surface area contributed by atoms with Crippen LogP contribution in [0.5, 0.6) is 0 Å². The van der Waals surface area contributed by atoms with Crippen molar-refractivity contribution in [2.45, 2.75) is 38.8 Å². The number of Topliss-reactive ketones (excluding diaryl/α,β-unsaturated/α-hetero) is 2. The first-order valence-corrected chi connectivity index (χ1v) is 11.7. The van der Waals surface area contributed by atoms with Crippen LogP contribution in [0.25, 0.3) is 0 Å². The van der Waals surface area contributed by atoms with E-state index in [9.17, 15) is 27.7 Å². The Morgan fingerprint density at radius 3 is 2.59 bits per heavy atom. The first kappa shape index (κ1) is 22.6. The first-order valence-electron chi connectivity index (χ1n) is 10.3. The Labute approximate surface area is 186 Å². The van der Waals surface area contributed by atoms with Gasteiger partial charge in [0.25, 0.3) is 5.91 Å². The van der Waals surface area contributed by atoms with Crippen LogP contribution in [0.3, 0.4) is 0 Å². The number of ketones is 2. The largest absolute Gasteiger partial charge is 0.616 e. The summed E-state index contributed by atoms with van der Waals surface area (Å²) in [6, 6.07) is 3.04. The minimum Gasteiger partial charge on any atom is -0.616 e. The van der Waals surface area contributed by atoms with Crippen molar-refractivity contribution in [3.8, 4) is 0 Å². The highest BCUT2D eigenvalue weighted by atomic mass is 32.2. The number of benzene rings is 1. The van der Waals surface area contributed by atoms with Gasteiger partial charge in [-0.1, -0.05) is 0 Å². The lowest BCUT2D eigenvalue weighted by atomic mass is 9.99. The quantitative estimate of drug-likeness (QED) is 0.372.